The number of halogens is 1. The Morgan fingerprint density at radius 3 is 2.82 bits per heavy atom. The zero-order valence-electron chi connectivity index (χ0n) is 9.83. The lowest BCUT2D eigenvalue weighted by Crippen LogP contribution is -2.37. The molecule has 1 amide bonds. The van der Waals surface area contributed by atoms with Crippen LogP contribution in [0.2, 0.25) is 0 Å². The SMILES string of the molecule is Cc1c(Br)cccc1C(=O)NC1CCSCC1. The van der Waals surface area contributed by atoms with E-state index in [2.05, 4.69) is 21.2 Å². The predicted octanol–water partition coefficient (Wildman–Crippen LogP) is 3.38. The Balaban J connectivity index is 2.06. The second-order valence-electron chi connectivity index (χ2n) is 4.27. The number of thioether (sulfide) groups is 1. The Labute approximate surface area is 115 Å². The summed E-state index contributed by atoms with van der Waals surface area (Å²) in [6.45, 7) is 1.97. The van der Waals surface area contributed by atoms with Crippen LogP contribution in [-0.4, -0.2) is 23.5 Å². The number of amides is 1. The highest BCUT2D eigenvalue weighted by molar-refractivity contribution is 9.10. The van der Waals surface area contributed by atoms with Gasteiger partial charge in [0.1, 0.15) is 0 Å². The van der Waals surface area contributed by atoms with Crippen molar-refractivity contribution in [1.82, 2.24) is 5.32 Å². The van der Waals surface area contributed by atoms with Gasteiger partial charge in [0.25, 0.3) is 5.91 Å². The Morgan fingerprint density at radius 1 is 1.41 bits per heavy atom. The van der Waals surface area contributed by atoms with Crippen LogP contribution in [0.5, 0.6) is 0 Å². The van der Waals surface area contributed by atoms with E-state index in [0.717, 1.165) is 39.9 Å². The van der Waals surface area contributed by atoms with Crippen molar-refractivity contribution < 1.29 is 4.79 Å². The lowest BCUT2D eigenvalue weighted by Gasteiger charge is -2.23. The number of carbonyl (C=O) groups excluding carboxylic acids is 1. The van der Waals surface area contributed by atoms with E-state index in [9.17, 15) is 4.79 Å². The first-order valence-electron chi connectivity index (χ1n) is 5.82. The molecule has 17 heavy (non-hydrogen) atoms. The molecule has 0 radical (unpaired) electrons. The van der Waals surface area contributed by atoms with Gasteiger partial charge in [-0.1, -0.05) is 22.0 Å². The summed E-state index contributed by atoms with van der Waals surface area (Å²) in [5.41, 5.74) is 1.78. The largest absolute Gasteiger partial charge is 0.349 e. The molecule has 0 bridgehead atoms. The molecular weight excluding hydrogens is 298 g/mol. The molecule has 0 spiro atoms. The molecule has 0 aliphatic carbocycles. The molecule has 1 saturated heterocycles. The minimum Gasteiger partial charge on any atom is -0.349 e. The first-order chi connectivity index (χ1) is 8.18. The van der Waals surface area contributed by atoms with Gasteiger partial charge in [-0.15, -0.1) is 0 Å². The van der Waals surface area contributed by atoms with Crippen molar-refractivity contribution >= 4 is 33.6 Å². The summed E-state index contributed by atoms with van der Waals surface area (Å²) in [4.78, 5) is 12.1. The number of rotatable bonds is 2. The maximum atomic E-state index is 12.1. The predicted molar refractivity (Wildman–Crippen MR) is 76.7 cm³/mol. The minimum absolute atomic E-state index is 0.0562. The van der Waals surface area contributed by atoms with Gasteiger partial charge in [-0.05, 0) is 49.0 Å². The second-order valence-corrected chi connectivity index (χ2v) is 6.35. The van der Waals surface area contributed by atoms with Crippen LogP contribution in [0.1, 0.15) is 28.8 Å². The molecule has 0 saturated carbocycles. The summed E-state index contributed by atoms with van der Waals surface area (Å²) in [7, 11) is 0. The van der Waals surface area contributed by atoms with E-state index < -0.39 is 0 Å². The number of hydrogen-bond donors (Lipinski definition) is 1. The molecule has 0 unspecified atom stereocenters. The van der Waals surface area contributed by atoms with Crippen molar-refractivity contribution in [2.45, 2.75) is 25.8 Å². The molecule has 2 rings (SSSR count). The van der Waals surface area contributed by atoms with Gasteiger partial charge in [0.05, 0.1) is 0 Å². The molecule has 92 valence electrons. The van der Waals surface area contributed by atoms with Gasteiger partial charge in [0, 0.05) is 16.1 Å². The van der Waals surface area contributed by atoms with Crippen molar-refractivity contribution in [2.24, 2.45) is 0 Å². The average Bonchev–Trinajstić information content (AvgIpc) is 2.34. The minimum atomic E-state index is 0.0562. The number of benzene rings is 1. The molecule has 1 aromatic carbocycles. The van der Waals surface area contributed by atoms with Gasteiger partial charge < -0.3 is 5.32 Å². The maximum absolute atomic E-state index is 12.1. The molecule has 1 N–H and O–H groups in total. The standard InChI is InChI=1S/C13H16BrNOS/c1-9-11(3-2-4-12(9)14)13(16)15-10-5-7-17-8-6-10/h2-4,10H,5-8H2,1H3,(H,15,16). The Hall–Kier alpha value is -0.480. The fraction of sp³-hybridized carbons (Fsp3) is 0.462. The molecule has 1 aliphatic rings. The summed E-state index contributed by atoms with van der Waals surface area (Å²) < 4.78 is 0.990. The zero-order chi connectivity index (χ0) is 12.3. The fourth-order valence-corrected chi connectivity index (χ4v) is 3.43. The first-order valence-corrected chi connectivity index (χ1v) is 7.77. The monoisotopic (exact) mass is 313 g/mol. The van der Waals surface area contributed by atoms with Crippen LogP contribution in [0.3, 0.4) is 0 Å². The van der Waals surface area contributed by atoms with Crippen molar-refractivity contribution in [3.05, 3.63) is 33.8 Å². The topological polar surface area (TPSA) is 29.1 Å². The Kier molecular flexibility index (Phi) is 4.51. The van der Waals surface area contributed by atoms with Crippen molar-refractivity contribution in [3.63, 3.8) is 0 Å². The van der Waals surface area contributed by atoms with Gasteiger partial charge in [-0.25, -0.2) is 0 Å². The lowest BCUT2D eigenvalue weighted by atomic mass is 10.1. The molecule has 4 heteroatoms. The Morgan fingerprint density at radius 2 is 2.12 bits per heavy atom. The van der Waals surface area contributed by atoms with E-state index in [1.807, 2.05) is 36.9 Å². The zero-order valence-corrected chi connectivity index (χ0v) is 12.2. The molecule has 2 nitrogen and oxygen atoms in total. The first kappa shape index (κ1) is 13.0. The third kappa shape index (κ3) is 3.26. The fourth-order valence-electron chi connectivity index (χ4n) is 1.96. The van der Waals surface area contributed by atoms with E-state index in [1.54, 1.807) is 0 Å². The normalized spacial score (nSPS) is 16.8. The van der Waals surface area contributed by atoms with Crippen LogP contribution in [0, 0.1) is 6.92 Å². The van der Waals surface area contributed by atoms with E-state index in [-0.39, 0.29) is 5.91 Å². The highest BCUT2D eigenvalue weighted by Gasteiger charge is 2.18. The molecular formula is C13H16BrNOS. The maximum Gasteiger partial charge on any atom is 0.251 e. The smallest absolute Gasteiger partial charge is 0.251 e. The molecule has 0 aromatic heterocycles. The molecule has 0 atom stereocenters. The van der Waals surface area contributed by atoms with Crippen LogP contribution >= 0.6 is 27.7 Å². The van der Waals surface area contributed by atoms with Crippen LogP contribution in [0.4, 0.5) is 0 Å². The molecule has 1 aromatic rings. The molecule has 1 fully saturated rings. The lowest BCUT2D eigenvalue weighted by molar-refractivity contribution is 0.0934. The highest BCUT2D eigenvalue weighted by atomic mass is 79.9. The average molecular weight is 314 g/mol. The van der Waals surface area contributed by atoms with E-state index in [1.165, 1.54) is 0 Å². The van der Waals surface area contributed by atoms with Crippen LogP contribution in [-0.2, 0) is 0 Å². The van der Waals surface area contributed by atoms with Gasteiger partial charge in [0.2, 0.25) is 0 Å². The molecule has 1 aliphatic heterocycles. The van der Waals surface area contributed by atoms with Crippen LogP contribution in [0.25, 0.3) is 0 Å². The van der Waals surface area contributed by atoms with Crippen molar-refractivity contribution in [3.8, 4) is 0 Å². The van der Waals surface area contributed by atoms with E-state index in [4.69, 9.17) is 0 Å². The van der Waals surface area contributed by atoms with Gasteiger partial charge >= 0.3 is 0 Å². The summed E-state index contributed by atoms with van der Waals surface area (Å²) in [5, 5.41) is 3.13. The quantitative estimate of drug-likeness (QED) is 0.907. The number of nitrogens with one attached hydrogen (secondary N) is 1. The number of carbonyl (C=O) groups is 1. The highest BCUT2D eigenvalue weighted by Crippen LogP contribution is 2.21. The third-order valence-electron chi connectivity index (χ3n) is 3.07. The van der Waals surface area contributed by atoms with Crippen molar-refractivity contribution in [2.75, 3.05) is 11.5 Å². The van der Waals surface area contributed by atoms with E-state index >= 15 is 0 Å². The third-order valence-corrected chi connectivity index (χ3v) is 4.98. The van der Waals surface area contributed by atoms with Gasteiger partial charge in [-0.2, -0.15) is 11.8 Å². The van der Waals surface area contributed by atoms with E-state index in [0.29, 0.717) is 6.04 Å². The summed E-state index contributed by atoms with van der Waals surface area (Å²) in [6, 6.07) is 6.10. The second kappa shape index (κ2) is 5.91. The van der Waals surface area contributed by atoms with Crippen LogP contribution < -0.4 is 5.32 Å². The number of hydrogen-bond acceptors (Lipinski definition) is 2. The molecule has 1 heterocycles. The van der Waals surface area contributed by atoms with Crippen LogP contribution in [0.15, 0.2) is 22.7 Å². The van der Waals surface area contributed by atoms with Crippen molar-refractivity contribution in [1.29, 1.82) is 0 Å². The summed E-state index contributed by atoms with van der Waals surface area (Å²) in [6.07, 6.45) is 2.17. The summed E-state index contributed by atoms with van der Waals surface area (Å²) in [5.74, 6) is 2.37. The Bertz CT molecular complexity index is 416. The van der Waals surface area contributed by atoms with Gasteiger partial charge in [0.15, 0.2) is 0 Å². The van der Waals surface area contributed by atoms with Gasteiger partial charge in [-0.3, -0.25) is 4.79 Å². The summed E-state index contributed by atoms with van der Waals surface area (Å²) >= 11 is 5.42.